The molecule has 0 fully saturated rings. The van der Waals surface area contributed by atoms with Gasteiger partial charge in [-0.15, -0.1) is 0 Å². The van der Waals surface area contributed by atoms with Crippen molar-refractivity contribution in [2.24, 2.45) is 0 Å². The Morgan fingerprint density at radius 3 is 2.87 bits per heavy atom. The summed E-state index contributed by atoms with van der Waals surface area (Å²) >= 11 is 0. The fourth-order valence-corrected chi connectivity index (χ4v) is 2.37. The van der Waals surface area contributed by atoms with Gasteiger partial charge < -0.3 is 14.6 Å². The number of para-hydroxylation sites is 2. The summed E-state index contributed by atoms with van der Waals surface area (Å²) in [5.74, 6) is 0.667. The van der Waals surface area contributed by atoms with E-state index in [1.165, 1.54) is 0 Å². The third-order valence-corrected chi connectivity index (χ3v) is 3.46. The van der Waals surface area contributed by atoms with E-state index in [2.05, 4.69) is 10.3 Å². The van der Waals surface area contributed by atoms with Crippen molar-refractivity contribution < 1.29 is 9.53 Å². The smallest absolute Gasteiger partial charge is 0.228 e. The SMILES string of the molecule is COc1cccc(CC(=O)Nc2ccccc2-n2ccnc2)c1. The van der Waals surface area contributed by atoms with E-state index in [1.54, 1.807) is 19.6 Å². The summed E-state index contributed by atoms with van der Waals surface area (Å²) in [6.07, 6.45) is 5.53. The molecule has 5 heteroatoms. The highest BCUT2D eigenvalue weighted by atomic mass is 16.5. The first-order valence-electron chi connectivity index (χ1n) is 7.26. The lowest BCUT2D eigenvalue weighted by Crippen LogP contribution is -2.15. The Balaban J connectivity index is 1.76. The van der Waals surface area contributed by atoms with Crippen LogP contribution in [-0.4, -0.2) is 22.6 Å². The van der Waals surface area contributed by atoms with Gasteiger partial charge in [0.2, 0.25) is 5.91 Å². The van der Waals surface area contributed by atoms with Crippen LogP contribution in [0.1, 0.15) is 5.56 Å². The minimum atomic E-state index is -0.0779. The molecule has 0 aliphatic carbocycles. The summed E-state index contributed by atoms with van der Waals surface area (Å²) in [6.45, 7) is 0. The van der Waals surface area contributed by atoms with E-state index in [0.717, 1.165) is 22.7 Å². The summed E-state index contributed by atoms with van der Waals surface area (Å²) in [5.41, 5.74) is 2.53. The zero-order valence-electron chi connectivity index (χ0n) is 12.8. The predicted octanol–water partition coefficient (Wildman–Crippen LogP) is 3.06. The van der Waals surface area contributed by atoms with Gasteiger partial charge in [0.25, 0.3) is 0 Å². The van der Waals surface area contributed by atoms with Crippen LogP contribution in [0.5, 0.6) is 5.75 Å². The fraction of sp³-hybridized carbons (Fsp3) is 0.111. The quantitative estimate of drug-likeness (QED) is 0.788. The van der Waals surface area contributed by atoms with Crippen molar-refractivity contribution in [2.75, 3.05) is 12.4 Å². The number of carbonyl (C=O) groups is 1. The average molecular weight is 307 g/mol. The van der Waals surface area contributed by atoms with E-state index in [4.69, 9.17) is 4.74 Å². The van der Waals surface area contributed by atoms with Gasteiger partial charge in [0, 0.05) is 12.4 Å². The standard InChI is InChI=1S/C18H17N3O2/c1-23-15-6-4-5-14(11-15)12-18(22)20-16-7-2-3-8-17(16)21-10-9-19-13-21/h2-11,13H,12H2,1H3,(H,20,22). The number of imidazole rings is 1. The van der Waals surface area contributed by atoms with E-state index < -0.39 is 0 Å². The maximum Gasteiger partial charge on any atom is 0.228 e. The van der Waals surface area contributed by atoms with Gasteiger partial charge in [0.05, 0.1) is 31.2 Å². The van der Waals surface area contributed by atoms with Crippen LogP contribution < -0.4 is 10.1 Å². The lowest BCUT2D eigenvalue weighted by Gasteiger charge is -2.11. The maximum absolute atomic E-state index is 12.3. The first-order chi connectivity index (χ1) is 11.3. The van der Waals surface area contributed by atoms with Crippen LogP contribution in [0.2, 0.25) is 0 Å². The number of benzene rings is 2. The van der Waals surface area contributed by atoms with Gasteiger partial charge in [-0.25, -0.2) is 4.98 Å². The van der Waals surface area contributed by atoms with Crippen molar-refractivity contribution in [3.63, 3.8) is 0 Å². The molecule has 1 aromatic heterocycles. The van der Waals surface area contributed by atoms with Crippen LogP contribution in [0.25, 0.3) is 5.69 Å². The molecule has 0 radical (unpaired) electrons. The molecular formula is C18H17N3O2. The van der Waals surface area contributed by atoms with Crippen LogP contribution in [0.4, 0.5) is 5.69 Å². The lowest BCUT2D eigenvalue weighted by atomic mass is 10.1. The monoisotopic (exact) mass is 307 g/mol. The highest BCUT2D eigenvalue weighted by Gasteiger charge is 2.09. The minimum absolute atomic E-state index is 0.0779. The molecule has 0 spiro atoms. The van der Waals surface area contributed by atoms with Crippen molar-refractivity contribution in [1.82, 2.24) is 9.55 Å². The summed E-state index contributed by atoms with van der Waals surface area (Å²) < 4.78 is 7.04. The van der Waals surface area contributed by atoms with Gasteiger partial charge in [0.1, 0.15) is 5.75 Å². The largest absolute Gasteiger partial charge is 0.497 e. The van der Waals surface area contributed by atoms with Crippen molar-refractivity contribution in [3.8, 4) is 11.4 Å². The number of aromatic nitrogens is 2. The van der Waals surface area contributed by atoms with Crippen molar-refractivity contribution >= 4 is 11.6 Å². The van der Waals surface area contributed by atoms with Gasteiger partial charge >= 0.3 is 0 Å². The van der Waals surface area contributed by atoms with Crippen molar-refractivity contribution in [2.45, 2.75) is 6.42 Å². The number of anilines is 1. The average Bonchev–Trinajstić information content (AvgIpc) is 3.10. The van der Waals surface area contributed by atoms with Gasteiger partial charge in [-0.2, -0.15) is 0 Å². The molecule has 2 aromatic carbocycles. The molecule has 1 amide bonds. The van der Waals surface area contributed by atoms with Gasteiger partial charge in [-0.3, -0.25) is 4.79 Å². The number of nitrogens with one attached hydrogen (secondary N) is 1. The van der Waals surface area contributed by atoms with E-state index >= 15 is 0 Å². The number of hydrogen-bond acceptors (Lipinski definition) is 3. The number of hydrogen-bond donors (Lipinski definition) is 1. The third kappa shape index (κ3) is 3.58. The van der Waals surface area contributed by atoms with Crippen LogP contribution in [0, 0.1) is 0 Å². The molecule has 1 N–H and O–H groups in total. The Morgan fingerprint density at radius 2 is 2.09 bits per heavy atom. The number of amides is 1. The zero-order valence-corrected chi connectivity index (χ0v) is 12.8. The molecule has 3 rings (SSSR count). The Kier molecular flexibility index (Phi) is 4.38. The molecule has 0 saturated carbocycles. The second-order valence-electron chi connectivity index (χ2n) is 5.06. The summed E-state index contributed by atoms with van der Waals surface area (Å²) in [4.78, 5) is 16.4. The highest BCUT2D eigenvalue weighted by Crippen LogP contribution is 2.20. The number of methoxy groups -OCH3 is 1. The summed E-state index contributed by atoms with van der Waals surface area (Å²) in [5, 5.41) is 2.96. The van der Waals surface area contributed by atoms with Crippen molar-refractivity contribution in [1.29, 1.82) is 0 Å². The molecule has 0 atom stereocenters. The first kappa shape index (κ1) is 14.8. The molecule has 0 bridgehead atoms. The molecule has 0 aliphatic heterocycles. The number of ether oxygens (including phenoxy) is 1. The molecule has 0 unspecified atom stereocenters. The van der Waals surface area contributed by atoms with E-state index in [0.29, 0.717) is 0 Å². The van der Waals surface area contributed by atoms with Crippen LogP contribution in [-0.2, 0) is 11.2 Å². The normalized spacial score (nSPS) is 10.3. The Hall–Kier alpha value is -3.08. The van der Waals surface area contributed by atoms with E-state index in [1.807, 2.05) is 59.3 Å². The molecule has 3 aromatic rings. The zero-order chi connectivity index (χ0) is 16.1. The molecule has 0 aliphatic rings. The van der Waals surface area contributed by atoms with Crippen LogP contribution in [0.15, 0.2) is 67.3 Å². The second-order valence-corrected chi connectivity index (χ2v) is 5.06. The van der Waals surface area contributed by atoms with Gasteiger partial charge in [0.15, 0.2) is 0 Å². The fourth-order valence-electron chi connectivity index (χ4n) is 2.37. The van der Waals surface area contributed by atoms with E-state index in [9.17, 15) is 4.79 Å². The number of nitrogens with zero attached hydrogens (tertiary/aromatic N) is 2. The van der Waals surface area contributed by atoms with Gasteiger partial charge in [-0.1, -0.05) is 24.3 Å². The molecule has 1 heterocycles. The molecule has 5 nitrogen and oxygen atoms in total. The van der Waals surface area contributed by atoms with Gasteiger partial charge in [-0.05, 0) is 29.8 Å². The second kappa shape index (κ2) is 6.79. The van der Waals surface area contributed by atoms with E-state index in [-0.39, 0.29) is 12.3 Å². The lowest BCUT2D eigenvalue weighted by molar-refractivity contribution is -0.115. The Bertz CT molecular complexity index is 798. The minimum Gasteiger partial charge on any atom is -0.497 e. The highest BCUT2D eigenvalue weighted by molar-refractivity contribution is 5.94. The molecule has 116 valence electrons. The first-order valence-corrected chi connectivity index (χ1v) is 7.26. The van der Waals surface area contributed by atoms with Crippen LogP contribution in [0.3, 0.4) is 0 Å². The predicted molar refractivity (Wildman–Crippen MR) is 88.9 cm³/mol. The molecule has 23 heavy (non-hydrogen) atoms. The van der Waals surface area contributed by atoms with Crippen molar-refractivity contribution in [3.05, 3.63) is 72.8 Å². The Labute approximate surface area is 134 Å². The maximum atomic E-state index is 12.3. The summed E-state index contributed by atoms with van der Waals surface area (Å²) in [7, 11) is 1.61. The third-order valence-electron chi connectivity index (χ3n) is 3.46. The molecule has 0 saturated heterocycles. The Morgan fingerprint density at radius 1 is 1.22 bits per heavy atom. The number of rotatable bonds is 5. The topological polar surface area (TPSA) is 56.1 Å². The number of carbonyl (C=O) groups excluding carboxylic acids is 1. The summed E-state index contributed by atoms with van der Waals surface area (Å²) in [6, 6.07) is 15.1. The van der Waals surface area contributed by atoms with Crippen LogP contribution >= 0.6 is 0 Å². The molecular weight excluding hydrogens is 290 g/mol.